The quantitative estimate of drug-likeness (QED) is 0.618. The number of ether oxygens (including phenoxy) is 1. The number of aryl methyl sites for hydroxylation is 2. The molecule has 2 amide bonds. The Morgan fingerprint density at radius 2 is 2.00 bits per heavy atom. The maximum absolute atomic E-state index is 11.9. The molecule has 0 bridgehead atoms. The maximum Gasteiger partial charge on any atom is 0.343 e. The van der Waals surface area contributed by atoms with Gasteiger partial charge in [-0.15, -0.1) is 0 Å². The molecular formula is C17H21BrN4O2. The number of alkyl halides is 1. The SMILES string of the molecule is Cc1cc2c(cc1C)N(CCOCCBr)C1=NC(=O)NC(C)C1=N2. The first-order valence-electron chi connectivity index (χ1n) is 8.02. The number of nitrogens with one attached hydrogen (secondary N) is 1. The first-order valence-corrected chi connectivity index (χ1v) is 9.14. The predicted molar refractivity (Wildman–Crippen MR) is 100 cm³/mol. The fraction of sp³-hybridized carbons (Fsp3) is 0.471. The number of amidine groups is 1. The van der Waals surface area contributed by atoms with Crippen LogP contribution in [0.25, 0.3) is 0 Å². The fourth-order valence-corrected chi connectivity index (χ4v) is 3.08. The second-order valence-corrected chi connectivity index (χ2v) is 6.77. The number of carbonyl (C=O) groups is 1. The smallest absolute Gasteiger partial charge is 0.343 e. The van der Waals surface area contributed by atoms with Gasteiger partial charge >= 0.3 is 6.03 Å². The first-order chi connectivity index (χ1) is 11.5. The highest BCUT2D eigenvalue weighted by molar-refractivity contribution is 9.09. The Hall–Kier alpha value is -1.73. The van der Waals surface area contributed by atoms with Crippen molar-refractivity contribution < 1.29 is 9.53 Å². The Balaban J connectivity index is 2.02. The minimum Gasteiger partial charge on any atom is -0.379 e. The molecule has 1 unspecified atom stereocenters. The monoisotopic (exact) mass is 392 g/mol. The average molecular weight is 393 g/mol. The normalized spacial score (nSPS) is 19.2. The van der Waals surface area contributed by atoms with Gasteiger partial charge in [0.05, 0.1) is 30.6 Å². The molecule has 1 N–H and O–H groups in total. The molecule has 2 heterocycles. The van der Waals surface area contributed by atoms with Crippen LogP contribution in [0.3, 0.4) is 0 Å². The molecule has 0 spiro atoms. The molecule has 2 aliphatic heterocycles. The molecule has 128 valence electrons. The molecule has 0 aliphatic carbocycles. The van der Waals surface area contributed by atoms with Crippen molar-refractivity contribution in [3.8, 4) is 0 Å². The summed E-state index contributed by atoms with van der Waals surface area (Å²) in [6.07, 6.45) is 0. The van der Waals surface area contributed by atoms with Crippen molar-refractivity contribution in [2.75, 3.05) is 30.0 Å². The van der Waals surface area contributed by atoms with Gasteiger partial charge in [0, 0.05) is 11.9 Å². The van der Waals surface area contributed by atoms with Gasteiger partial charge in [-0.3, -0.25) is 0 Å². The number of halogens is 1. The lowest BCUT2D eigenvalue weighted by atomic mass is 10.0. The molecule has 1 aromatic carbocycles. The number of hydrogen-bond acceptors (Lipinski definition) is 4. The van der Waals surface area contributed by atoms with E-state index >= 15 is 0 Å². The lowest BCUT2D eigenvalue weighted by Gasteiger charge is -2.35. The number of urea groups is 1. The minimum absolute atomic E-state index is 0.161. The Bertz CT molecular complexity index is 730. The van der Waals surface area contributed by atoms with Crippen LogP contribution in [0.1, 0.15) is 18.1 Å². The van der Waals surface area contributed by atoms with E-state index in [1.165, 1.54) is 11.1 Å². The number of aliphatic imine (C=N–C) groups is 2. The summed E-state index contributed by atoms with van der Waals surface area (Å²) in [7, 11) is 0. The highest BCUT2D eigenvalue weighted by atomic mass is 79.9. The van der Waals surface area contributed by atoms with Crippen LogP contribution in [-0.4, -0.2) is 48.7 Å². The van der Waals surface area contributed by atoms with Gasteiger partial charge in [0.25, 0.3) is 0 Å². The van der Waals surface area contributed by atoms with Crippen molar-refractivity contribution in [3.63, 3.8) is 0 Å². The minimum atomic E-state index is -0.324. The van der Waals surface area contributed by atoms with Crippen LogP contribution < -0.4 is 10.2 Å². The number of amides is 2. The van der Waals surface area contributed by atoms with E-state index in [1.807, 2.05) is 11.8 Å². The third kappa shape index (κ3) is 3.23. The van der Waals surface area contributed by atoms with Crippen molar-refractivity contribution in [2.45, 2.75) is 26.8 Å². The van der Waals surface area contributed by atoms with E-state index in [-0.39, 0.29) is 12.1 Å². The van der Waals surface area contributed by atoms with Crippen LogP contribution in [0.5, 0.6) is 0 Å². The molecule has 2 aliphatic rings. The lowest BCUT2D eigenvalue weighted by Crippen LogP contribution is -2.53. The summed E-state index contributed by atoms with van der Waals surface area (Å²) >= 11 is 3.36. The van der Waals surface area contributed by atoms with Crippen LogP contribution in [0, 0.1) is 13.8 Å². The number of hydrogen-bond donors (Lipinski definition) is 1. The van der Waals surface area contributed by atoms with Crippen LogP contribution in [0.4, 0.5) is 16.2 Å². The first kappa shape index (κ1) is 17.1. The molecule has 1 atom stereocenters. The molecule has 7 heteroatoms. The predicted octanol–water partition coefficient (Wildman–Crippen LogP) is 3.12. The summed E-state index contributed by atoms with van der Waals surface area (Å²) in [5.74, 6) is 0.629. The molecule has 1 aromatic rings. The number of nitrogens with zero attached hydrogens (tertiary/aromatic N) is 3. The van der Waals surface area contributed by atoms with E-state index in [1.54, 1.807) is 0 Å². The Morgan fingerprint density at radius 3 is 2.75 bits per heavy atom. The third-order valence-corrected chi connectivity index (χ3v) is 4.57. The molecule has 3 rings (SSSR count). The largest absolute Gasteiger partial charge is 0.379 e. The summed E-state index contributed by atoms with van der Waals surface area (Å²) in [4.78, 5) is 22.9. The van der Waals surface area contributed by atoms with Crippen LogP contribution in [0.2, 0.25) is 0 Å². The lowest BCUT2D eigenvalue weighted by molar-refractivity contribution is 0.159. The molecule has 0 fully saturated rings. The zero-order valence-electron chi connectivity index (χ0n) is 14.1. The van der Waals surface area contributed by atoms with Crippen molar-refractivity contribution in [2.24, 2.45) is 9.98 Å². The maximum atomic E-state index is 11.9. The summed E-state index contributed by atoms with van der Waals surface area (Å²) in [6, 6.07) is 3.71. The van der Waals surface area contributed by atoms with Gasteiger partial charge in [-0.05, 0) is 44.0 Å². The van der Waals surface area contributed by atoms with Gasteiger partial charge in [-0.25, -0.2) is 9.79 Å². The molecule has 0 radical (unpaired) electrons. The summed E-state index contributed by atoms with van der Waals surface area (Å²) in [5.41, 5.74) is 5.07. The fourth-order valence-electron chi connectivity index (χ4n) is 2.85. The van der Waals surface area contributed by atoms with E-state index in [2.05, 4.69) is 52.2 Å². The van der Waals surface area contributed by atoms with Crippen LogP contribution in [0.15, 0.2) is 22.1 Å². The highest BCUT2D eigenvalue weighted by Crippen LogP contribution is 2.36. The van der Waals surface area contributed by atoms with E-state index in [9.17, 15) is 4.79 Å². The third-order valence-electron chi connectivity index (χ3n) is 4.25. The zero-order chi connectivity index (χ0) is 17.3. The van der Waals surface area contributed by atoms with Crippen molar-refractivity contribution >= 4 is 44.9 Å². The summed E-state index contributed by atoms with van der Waals surface area (Å²) < 4.78 is 5.60. The van der Waals surface area contributed by atoms with Gasteiger partial charge in [-0.1, -0.05) is 15.9 Å². The van der Waals surface area contributed by atoms with E-state index in [0.29, 0.717) is 25.6 Å². The Labute approximate surface area is 150 Å². The number of fused-ring (bicyclic) bond motifs is 2. The highest BCUT2D eigenvalue weighted by Gasteiger charge is 2.34. The molecule has 24 heavy (non-hydrogen) atoms. The van der Waals surface area contributed by atoms with Gasteiger partial charge in [0.1, 0.15) is 5.71 Å². The Morgan fingerprint density at radius 1 is 1.25 bits per heavy atom. The topological polar surface area (TPSA) is 66.3 Å². The van der Waals surface area contributed by atoms with Gasteiger partial charge in [0.2, 0.25) is 0 Å². The number of carbonyl (C=O) groups excluding carboxylic acids is 1. The molecule has 0 saturated heterocycles. The molecule has 6 nitrogen and oxygen atoms in total. The van der Waals surface area contributed by atoms with Crippen LogP contribution >= 0.6 is 15.9 Å². The number of rotatable bonds is 5. The second kappa shape index (κ2) is 7.03. The average Bonchev–Trinajstić information content (AvgIpc) is 2.53. The van der Waals surface area contributed by atoms with Crippen molar-refractivity contribution in [1.29, 1.82) is 0 Å². The second-order valence-electron chi connectivity index (χ2n) is 5.98. The van der Waals surface area contributed by atoms with E-state index in [4.69, 9.17) is 9.73 Å². The van der Waals surface area contributed by atoms with E-state index < -0.39 is 0 Å². The zero-order valence-corrected chi connectivity index (χ0v) is 15.7. The van der Waals surface area contributed by atoms with E-state index in [0.717, 1.165) is 22.4 Å². The van der Waals surface area contributed by atoms with Gasteiger partial charge in [0.15, 0.2) is 5.84 Å². The van der Waals surface area contributed by atoms with Crippen molar-refractivity contribution in [3.05, 3.63) is 23.3 Å². The van der Waals surface area contributed by atoms with Gasteiger partial charge < -0.3 is 15.0 Å². The number of benzene rings is 1. The number of anilines is 1. The molecule has 0 aromatic heterocycles. The summed E-state index contributed by atoms with van der Waals surface area (Å²) in [5, 5.41) is 3.61. The molecule has 0 saturated carbocycles. The van der Waals surface area contributed by atoms with Crippen molar-refractivity contribution in [1.82, 2.24) is 5.32 Å². The standard InChI is InChI=1S/C17H21BrN4O2/c1-10-8-13-14(9-11(10)2)22(5-7-24-6-4-18)16-15(20-13)12(3)19-17(23)21-16/h8-9,12H,4-7H2,1-3H3,(H,19,23). The van der Waals surface area contributed by atoms with Gasteiger partial charge in [-0.2, -0.15) is 4.99 Å². The molecular weight excluding hydrogens is 372 g/mol. The van der Waals surface area contributed by atoms with Crippen LogP contribution in [-0.2, 0) is 4.74 Å². The summed E-state index contributed by atoms with van der Waals surface area (Å²) in [6.45, 7) is 7.91. The Kier molecular flexibility index (Phi) is 5.01.